The molecule has 0 aliphatic heterocycles. The third-order valence-electron chi connectivity index (χ3n) is 3.70. The Labute approximate surface area is 167 Å². The molecule has 0 spiro atoms. The summed E-state index contributed by atoms with van der Waals surface area (Å²) < 4.78 is 5.32. The number of halogens is 1. The first-order chi connectivity index (χ1) is 12.3. The number of carbonyl (C=O) groups is 1. The molecule has 9 heteroatoms. The number of nitrogens with two attached hydrogens (primary N) is 1. The average Bonchev–Trinajstić information content (AvgIpc) is 3.24. The molecule has 7 nitrogen and oxygen atoms in total. The largest absolute Gasteiger partial charge is 0.339 e. The minimum atomic E-state index is -0.466. The molecular formula is C18H22ClN5O2S. The number of anilines is 1. The fourth-order valence-corrected chi connectivity index (χ4v) is 2.82. The van der Waals surface area contributed by atoms with E-state index in [-0.39, 0.29) is 18.3 Å². The number of aromatic nitrogens is 3. The molecule has 0 fully saturated rings. The summed E-state index contributed by atoms with van der Waals surface area (Å²) in [5, 5.41) is 9.28. The van der Waals surface area contributed by atoms with E-state index in [9.17, 15) is 4.79 Å². The quantitative estimate of drug-likeness (QED) is 0.668. The summed E-state index contributed by atoms with van der Waals surface area (Å²) >= 11 is 1.38. The highest BCUT2D eigenvalue weighted by Crippen LogP contribution is 2.22. The standard InChI is InChI=1S/C18H21N5O2S.ClH/c1-18(2,3)16(24)22-17-20-13(10-26-17)8-14-21-15(23-25-14)12-6-4-11(9-19)5-7-12;/h4-7,10H,8-9,19H2,1-3H3,(H,20,22,24);1H. The van der Waals surface area contributed by atoms with Gasteiger partial charge in [-0.3, -0.25) is 4.79 Å². The predicted molar refractivity (Wildman–Crippen MR) is 108 cm³/mol. The van der Waals surface area contributed by atoms with Crippen molar-refractivity contribution in [2.24, 2.45) is 11.1 Å². The molecule has 0 aliphatic rings. The van der Waals surface area contributed by atoms with Crippen LogP contribution < -0.4 is 11.1 Å². The second kappa shape index (κ2) is 8.60. The molecule has 0 saturated heterocycles. The van der Waals surface area contributed by atoms with Gasteiger partial charge in [-0.1, -0.05) is 50.2 Å². The number of hydrogen-bond donors (Lipinski definition) is 2. The molecule has 0 bridgehead atoms. The van der Waals surface area contributed by atoms with Gasteiger partial charge < -0.3 is 15.6 Å². The molecule has 2 aromatic heterocycles. The van der Waals surface area contributed by atoms with Crippen molar-refractivity contribution in [3.63, 3.8) is 0 Å². The van der Waals surface area contributed by atoms with E-state index in [0.717, 1.165) is 16.8 Å². The minimum Gasteiger partial charge on any atom is -0.339 e. The zero-order chi connectivity index (χ0) is 18.7. The Morgan fingerprint density at radius 3 is 2.56 bits per heavy atom. The van der Waals surface area contributed by atoms with Gasteiger partial charge in [0.15, 0.2) is 5.13 Å². The van der Waals surface area contributed by atoms with Crippen LogP contribution in [0.5, 0.6) is 0 Å². The number of nitrogens with zero attached hydrogens (tertiary/aromatic N) is 3. The highest BCUT2D eigenvalue weighted by Gasteiger charge is 2.22. The third-order valence-corrected chi connectivity index (χ3v) is 4.51. The molecule has 144 valence electrons. The van der Waals surface area contributed by atoms with Crippen LogP contribution in [0.2, 0.25) is 0 Å². The summed E-state index contributed by atoms with van der Waals surface area (Å²) in [5.74, 6) is 0.932. The molecular weight excluding hydrogens is 386 g/mol. The summed E-state index contributed by atoms with van der Waals surface area (Å²) in [6, 6.07) is 7.71. The molecule has 0 unspecified atom stereocenters. The molecule has 0 radical (unpaired) electrons. The van der Waals surface area contributed by atoms with E-state index in [1.165, 1.54) is 11.3 Å². The number of thiazole rings is 1. The summed E-state index contributed by atoms with van der Waals surface area (Å²) in [6.45, 7) is 6.07. The monoisotopic (exact) mass is 407 g/mol. The SMILES string of the molecule is CC(C)(C)C(=O)Nc1nc(Cc2nc(-c3ccc(CN)cc3)no2)cs1.Cl. The highest BCUT2D eigenvalue weighted by atomic mass is 35.5. The van der Waals surface area contributed by atoms with Crippen molar-refractivity contribution in [2.75, 3.05) is 5.32 Å². The Morgan fingerprint density at radius 2 is 1.93 bits per heavy atom. The van der Waals surface area contributed by atoms with Crippen molar-refractivity contribution >= 4 is 34.8 Å². The fourth-order valence-electron chi connectivity index (χ4n) is 2.12. The molecule has 27 heavy (non-hydrogen) atoms. The first-order valence-electron chi connectivity index (χ1n) is 8.23. The Balaban J connectivity index is 0.00000261. The first kappa shape index (κ1) is 21.0. The van der Waals surface area contributed by atoms with Gasteiger partial charge in [-0.25, -0.2) is 4.98 Å². The smallest absolute Gasteiger partial charge is 0.233 e. The summed E-state index contributed by atoms with van der Waals surface area (Å²) in [6.07, 6.45) is 0.412. The van der Waals surface area contributed by atoms with Gasteiger partial charge in [-0.2, -0.15) is 4.98 Å². The lowest BCUT2D eigenvalue weighted by Crippen LogP contribution is -2.27. The van der Waals surface area contributed by atoms with Gasteiger partial charge in [0.25, 0.3) is 0 Å². The minimum absolute atomic E-state index is 0. The van der Waals surface area contributed by atoms with E-state index in [0.29, 0.717) is 29.8 Å². The van der Waals surface area contributed by atoms with Crippen LogP contribution in [0.1, 0.15) is 37.9 Å². The second-order valence-electron chi connectivity index (χ2n) is 6.94. The van der Waals surface area contributed by atoms with Gasteiger partial charge >= 0.3 is 0 Å². The Kier molecular flexibility index (Phi) is 6.69. The van der Waals surface area contributed by atoms with Crippen LogP contribution in [0, 0.1) is 5.41 Å². The van der Waals surface area contributed by atoms with Gasteiger partial charge in [0, 0.05) is 22.9 Å². The number of rotatable bonds is 5. The summed E-state index contributed by atoms with van der Waals surface area (Å²) in [4.78, 5) is 20.8. The number of nitrogens with one attached hydrogen (secondary N) is 1. The Bertz CT molecular complexity index is 899. The van der Waals surface area contributed by atoms with E-state index in [1.807, 2.05) is 50.4 Å². The lowest BCUT2D eigenvalue weighted by atomic mass is 9.96. The van der Waals surface area contributed by atoms with Crippen molar-refractivity contribution in [1.82, 2.24) is 15.1 Å². The highest BCUT2D eigenvalue weighted by molar-refractivity contribution is 7.13. The van der Waals surface area contributed by atoms with Crippen molar-refractivity contribution < 1.29 is 9.32 Å². The molecule has 3 rings (SSSR count). The van der Waals surface area contributed by atoms with E-state index >= 15 is 0 Å². The van der Waals surface area contributed by atoms with Gasteiger partial charge in [-0.05, 0) is 5.56 Å². The van der Waals surface area contributed by atoms with Crippen LogP contribution in [0.15, 0.2) is 34.2 Å². The molecule has 1 aromatic carbocycles. The Morgan fingerprint density at radius 1 is 1.22 bits per heavy atom. The number of benzene rings is 1. The van der Waals surface area contributed by atoms with Gasteiger partial charge in [0.2, 0.25) is 17.6 Å². The van der Waals surface area contributed by atoms with E-state index in [4.69, 9.17) is 10.3 Å². The average molecular weight is 408 g/mol. The van der Waals surface area contributed by atoms with Crippen molar-refractivity contribution in [1.29, 1.82) is 0 Å². The third kappa shape index (κ3) is 5.35. The molecule has 0 saturated carbocycles. The van der Waals surface area contributed by atoms with Crippen LogP contribution in [0.4, 0.5) is 5.13 Å². The molecule has 0 aliphatic carbocycles. The number of carbonyl (C=O) groups excluding carboxylic acids is 1. The topological polar surface area (TPSA) is 107 Å². The first-order valence-corrected chi connectivity index (χ1v) is 9.11. The molecule has 1 amide bonds. The van der Waals surface area contributed by atoms with Crippen LogP contribution >= 0.6 is 23.7 Å². The van der Waals surface area contributed by atoms with Gasteiger partial charge in [0.1, 0.15) is 0 Å². The summed E-state index contributed by atoms with van der Waals surface area (Å²) in [5.41, 5.74) is 7.82. The number of hydrogen-bond acceptors (Lipinski definition) is 7. The molecule has 3 aromatic rings. The predicted octanol–water partition coefficient (Wildman–Crippen LogP) is 3.65. The fraction of sp³-hybridized carbons (Fsp3) is 0.333. The van der Waals surface area contributed by atoms with E-state index in [2.05, 4.69) is 20.4 Å². The normalized spacial score (nSPS) is 11.1. The maximum Gasteiger partial charge on any atom is 0.233 e. The van der Waals surface area contributed by atoms with Crippen molar-refractivity contribution in [3.05, 3.63) is 46.8 Å². The zero-order valence-corrected chi connectivity index (χ0v) is 17.0. The second-order valence-corrected chi connectivity index (χ2v) is 7.80. The summed E-state index contributed by atoms with van der Waals surface area (Å²) in [7, 11) is 0. The maximum absolute atomic E-state index is 12.0. The van der Waals surface area contributed by atoms with E-state index in [1.54, 1.807) is 0 Å². The van der Waals surface area contributed by atoms with Crippen LogP contribution in [0.25, 0.3) is 11.4 Å². The van der Waals surface area contributed by atoms with Crippen LogP contribution in [0.3, 0.4) is 0 Å². The molecule has 0 atom stereocenters. The van der Waals surface area contributed by atoms with E-state index < -0.39 is 5.41 Å². The zero-order valence-electron chi connectivity index (χ0n) is 15.4. The van der Waals surface area contributed by atoms with Crippen molar-refractivity contribution in [3.8, 4) is 11.4 Å². The Hall–Kier alpha value is -2.29. The lowest BCUT2D eigenvalue weighted by molar-refractivity contribution is -0.123. The van der Waals surface area contributed by atoms with Gasteiger partial charge in [-0.15, -0.1) is 23.7 Å². The van der Waals surface area contributed by atoms with Crippen LogP contribution in [-0.2, 0) is 17.8 Å². The molecule has 2 heterocycles. The van der Waals surface area contributed by atoms with Gasteiger partial charge in [0.05, 0.1) is 12.1 Å². The van der Waals surface area contributed by atoms with Crippen LogP contribution in [-0.4, -0.2) is 21.0 Å². The molecule has 3 N–H and O–H groups in total. The lowest BCUT2D eigenvalue weighted by Gasteiger charge is -2.15. The maximum atomic E-state index is 12.0. The number of amides is 1. The van der Waals surface area contributed by atoms with Crippen molar-refractivity contribution in [2.45, 2.75) is 33.7 Å².